The van der Waals surface area contributed by atoms with E-state index in [2.05, 4.69) is 0 Å². The fourth-order valence-electron chi connectivity index (χ4n) is 0. The van der Waals surface area contributed by atoms with Gasteiger partial charge in [0.25, 0.3) is 0 Å². The van der Waals surface area contributed by atoms with Crippen molar-refractivity contribution in [2.24, 2.45) is 0 Å². The predicted molar refractivity (Wildman–Crippen MR) is 28.9 cm³/mol. The molecule has 9 heteroatoms. The minimum absolute atomic E-state index is 0. The number of hydrogen-bond donors (Lipinski definition) is 4. The SMILES string of the molecule is O[Si](O)(O)O.[Fe].[LiH].[LiH].[Mn]. The van der Waals surface area contributed by atoms with E-state index in [0.29, 0.717) is 0 Å². The largest absolute Gasteiger partial charge is 0 e. The van der Waals surface area contributed by atoms with Crippen LogP contribution in [0.3, 0.4) is 0 Å². The molecular weight excluding hydrogens is 217 g/mol. The first-order valence-electron chi connectivity index (χ1n) is 0.894. The van der Waals surface area contributed by atoms with Crippen LogP contribution in [-0.2, 0) is 34.1 Å². The van der Waals surface area contributed by atoms with Gasteiger partial charge < -0.3 is 19.2 Å². The van der Waals surface area contributed by atoms with Gasteiger partial charge in [0, 0.05) is 34.1 Å². The van der Waals surface area contributed by atoms with Crippen molar-refractivity contribution in [3.63, 3.8) is 0 Å². The van der Waals surface area contributed by atoms with Crippen molar-refractivity contribution < 1.29 is 53.3 Å². The van der Waals surface area contributed by atoms with Gasteiger partial charge in [0.15, 0.2) is 0 Å². The summed E-state index contributed by atoms with van der Waals surface area (Å²) < 4.78 is 0. The van der Waals surface area contributed by atoms with Crippen molar-refractivity contribution in [1.29, 1.82) is 0 Å². The summed E-state index contributed by atoms with van der Waals surface area (Å²) in [6, 6.07) is 0. The van der Waals surface area contributed by atoms with Crippen LogP contribution in [0.25, 0.3) is 0 Å². The molecule has 0 aliphatic heterocycles. The molecule has 0 unspecified atom stereocenters. The van der Waals surface area contributed by atoms with Gasteiger partial charge in [-0.05, 0) is 0 Å². The van der Waals surface area contributed by atoms with E-state index in [1.807, 2.05) is 0 Å². The Bertz CT molecular complexity index is 34.0. The van der Waals surface area contributed by atoms with Crippen molar-refractivity contribution in [2.45, 2.75) is 0 Å². The quantitative estimate of drug-likeness (QED) is 0.316. The minimum atomic E-state index is -4.61. The zero-order valence-corrected chi connectivity index (χ0v) is 6.30. The van der Waals surface area contributed by atoms with Crippen LogP contribution < -0.4 is 0 Å². The minimum Gasteiger partial charge on any atom is 0 e. The second kappa shape index (κ2) is 12.9. The van der Waals surface area contributed by atoms with E-state index in [4.69, 9.17) is 19.2 Å². The molecule has 1 radical (unpaired) electrons. The van der Waals surface area contributed by atoms with Crippen molar-refractivity contribution in [1.82, 2.24) is 0 Å². The third-order valence-corrected chi connectivity index (χ3v) is 0. The maximum atomic E-state index is 7.33. The van der Waals surface area contributed by atoms with Crippen molar-refractivity contribution in [3.05, 3.63) is 0 Å². The van der Waals surface area contributed by atoms with Crippen LogP contribution in [0.2, 0.25) is 0 Å². The van der Waals surface area contributed by atoms with Crippen molar-refractivity contribution in [2.75, 3.05) is 0 Å². The summed E-state index contributed by atoms with van der Waals surface area (Å²) in [4.78, 5) is 29.3. The Balaban J connectivity index is -0.0000000133. The van der Waals surface area contributed by atoms with E-state index < -0.39 is 9.05 Å². The van der Waals surface area contributed by atoms with E-state index in [1.165, 1.54) is 0 Å². The number of hydrogen-bond acceptors (Lipinski definition) is 4. The zero-order valence-electron chi connectivity index (χ0n) is 3.02. The summed E-state index contributed by atoms with van der Waals surface area (Å²) in [5.74, 6) is 0. The molecule has 0 atom stereocenters. The fraction of sp³-hybridized carbons (Fsp3) is 0. The molecule has 0 aliphatic carbocycles. The third-order valence-electron chi connectivity index (χ3n) is 0. The molecule has 0 aromatic carbocycles. The van der Waals surface area contributed by atoms with Crippen LogP contribution >= 0.6 is 0 Å². The molecule has 51 valence electrons. The summed E-state index contributed by atoms with van der Waals surface area (Å²) in [6.07, 6.45) is 0. The van der Waals surface area contributed by atoms with Gasteiger partial charge in [-0.1, -0.05) is 0 Å². The molecule has 0 rings (SSSR count). The summed E-state index contributed by atoms with van der Waals surface area (Å²) in [6.45, 7) is 0. The molecule has 0 saturated heterocycles. The first kappa shape index (κ1) is 30.2. The predicted octanol–water partition coefficient (Wildman–Crippen LogP) is -3.91. The van der Waals surface area contributed by atoms with Gasteiger partial charge in [0.05, 0.1) is 0 Å². The first-order valence-corrected chi connectivity index (χ1v) is 2.68. The van der Waals surface area contributed by atoms with Crippen molar-refractivity contribution >= 4 is 46.8 Å². The standard InChI is InChI=1S/Fe.2Li.Mn.H4O4Si.2H/c;;;;1-5(2,3)4;;/h;;;;1-4H;;. The van der Waals surface area contributed by atoms with E-state index in [9.17, 15) is 0 Å². The maximum Gasteiger partial charge on any atom is 0 e. The second-order valence-corrected chi connectivity index (χ2v) is 1.80. The molecule has 0 spiro atoms. The van der Waals surface area contributed by atoms with Gasteiger partial charge in [-0.15, -0.1) is 0 Å². The Morgan fingerprint density at radius 1 is 0.778 bits per heavy atom. The Labute approximate surface area is 99.2 Å². The zero-order chi connectivity index (χ0) is 4.50. The van der Waals surface area contributed by atoms with Crippen LogP contribution in [0.15, 0.2) is 0 Å². The Hall–Kier alpha value is 2.29. The summed E-state index contributed by atoms with van der Waals surface area (Å²) >= 11 is 0. The van der Waals surface area contributed by atoms with Gasteiger partial charge in [-0.2, -0.15) is 0 Å². The molecule has 0 heterocycles. The van der Waals surface area contributed by atoms with E-state index in [-0.39, 0.29) is 71.9 Å². The summed E-state index contributed by atoms with van der Waals surface area (Å²) in [7, 11) is -4.61. The summed E-state index contributed by atoms with van der Waals surface area (Å²) in [5, 5.41) is 0. The van der Waals surface area contributed by atoms with Crippen LogP contribution in [0, 0.1) is 0 Å². The average molecular weight is 223 g/mol. The van der Waals surface area contributed by atoms with Crippen LogP contribution in [-0.4, -0.2) is 66.0 Å². The van der Waals surface area contributed by atoms with E-state index in [1.54, 1.807) is 0 Å². The number of rotatable bonds is 0. The Kier molecular flexibility index (Phi) is 43.4. The van der Waals surface area contributed by atoms with Gasteiger partial charge in [0.1, 0.15) is 0 Å². The molecule has 0 saturated carbocycles. The second-order valence-electron chi connectivity index (χ2n) is 0.600. The van der Waals surface area contributed by atoms with Gasteiger partial charge in [-0.25, -0.2) is 0 Å². The molecule has 0 aromatic rings. The molecule has 4 nitrogen and oxygen atoms in total. The normalized spacial score (nSPS) is 6.67. The van der Waals surface area contributed by atoms with Crippen LogP contribution in [0.4, 0.5) is 0 Å². The van der Waals surface area contributed by atoms with E-state index in [0.717, 1.165) is 0 Å². The third kappa shape index (κ3) is 135. The van der Waals surface area contributed by atoms with Crippen LogP contribution in [0.5, 0.6) is 0 Å². The molecule has 9 heavy (non-hydrogen) atoms. The Morgan fingerprint density at radius 3 is 0.778 bits per heavy atom. The average Bonchev–Trinajstić information content (AvgIpc) is 0.722. The van der Waals surface area contributed by atoms with Gasteiger partial charge in [-0.3, -0.25) is 0 Å². The smallest absolute Gasteiger partial charge is 0 e. The maximum absolute atomic E-state index is 7.33. The molecule has 0 amide bonds. The Morgan fingerprint density at radius 2 is 0.778 bits per heavy atom. The molecule has 0 fully saturated rings. The van der Waals surface area contributed by atoms with Gasteiger partial charge in [0.2, 0.25) is 0 Å². The first-order chi connectivity index (χ1) is 2.00. The molecule has 4 N–H and O–H groups in total. The monoisotopic (exact) mass is 223 g/mol. The van der Waals surface area contributed by atoms with E-state index >= 15 is 0 Å². The van der Waals surface area contributed by atoms with Crippen molar-refractivity contribution in [3.8, 4) is 0 Å². The molecule has 0 bridgehead atoms. The molecule has 0 aliphatic rings. The van der Waals surface area contributed by atoms with Gasteiger partial charge >= 0.3 is 46.8 Å². The molecule has 0 aromatic heterocycles. The molecular formula is H6FeLi2MnO4Si. The topological polar surface area (TPSA) is 80.9 Å². The fourth-order valence-corrected chi connectivity index (χ4v) is 0. The van der Waals surface area contributed by atoms with Crippen LogP contribution in [0.1, 0.15) is 0 Å². The summed E-state index contributed by atoms with van der Waals surface area (Å²) in [5.41, 5.74) is 0.